The van der Waals surface area contributed by atoms with Gasteiger partial charge in [-0.3, -0.25) is 37.3 Å². The minimum atomic E-state index is -4.93. The zero-order chi connectivity index (χ0) is 56.2. The van der Waals surface area contributed by atoms with Crippen molar-refractivity contribution in [3.05, 3.63) is 0 Å². The Kier molecular flexibility index (Phi) is 51.1. The lowest BCUT2D eigenvalue weighted by molar-refractivity contribution is -0.161. The van der Waals surface area contributed by atoms with Crippen LogP contribution >= 0.6 is 15.6 Å². The number of carbonyl (C=O) groups excluding carboxylic acids is 4. The van der Waals surface area contributed by atoms with Crippen molar-refractivity contribution in [2.45, 2.75) is 303 Å². The van der Waals surface area contributed by atoms with Crippen molar-refractivity contribution in [3.8, 4) is 0 Å². The van der Waals surface area contributed by atoms with Crippen LogP contribution in [0.4, 0.5) is 0 Å². The molecule has 0 rings (SSSR count). The molecule has 450 valence electrons. The highest BCUT2D eigenvalue weighted by molar-refractivity contribution is 7.47. The minimum Gasteiger partial charge on any atom is -0.462 e. The molecule has 0 aromatic rings. The molecule has 0 spiro atoms. The van der Waals surface area contributed by atoms with Crippen LogP contribution < -0.4 is 0 Å². The molecule has 0 heterocycles. The van der Waals surface area contributed by atoms with Gasteiger partial charge in [0.15, 0.2) is 12.2 Å². The van der Waals surface area contributed by atoms with Gasteiger partial charge in [-0.25, -0.2) is 9.13 Å². The molecule has 0 saturated carbocycles. The standard InChI is InChI=1S/C57H110O17P2/c1-5-9-13-17-19-21-23-24-25-26-28-30-32-36-40-44-57(62)74-53(48-68-55(60)42-38-35-31-29-27-22-20-18-14-10-6-2)50-72-76(65,66)70-46-51(58)45-69-75(63,64)71-49-52(73-56(61)43-39-34-16-12-8-4)47-67-54(59)41-37-33-15-11-7-3/h51-53,58H,5-50H2,1-4H3,(H,63,64)(H,65,66)/t51-,52+,53+/m0/s1. The SMILES string of the molecule is CCCCCCCCCCCCCCCCCC(=O)O[C@H](COC(=O)CCCCCCCCCCCCC)COP(=O)(O)OC[C@@H](O)COP(=O)(O)OC[C@@H](COC(=O)CCCCCCC)OC(=O)CCCCCCC. The predicted molar refractivity (Wildman–Crippen MR) is 299 cm³/mol. The molecule has 76 heavy (non-hydrogen) atoms. The number of carbonyl (C=O) groups is 4. The summed E-state index contributed by atoms with van der Waals surface area (Å²) in [5, 5.41) is 10.4. The number of phosphoric acid groups is 2. The first-order valence-electron chi connectivity index (χ1n) is 30.3. The number of rotatable bonds is 58. The zero-order valence-electron chi connectivity index (χ0n) is 48.2. The first-order chi connectivity index (χ1) is 36.7. The van der Waals surface area contributed by atoms with Gasteiger partial charge >= 0.3 is 39.5 Å². The molecule has 0 radical (unpaired) electrons. The molecule has 0 aromatic carbocycles. The first kappa shape index (κ1) is 74.1. The molecule has 0 amide bonds. The fourth-order valence-electron chi connectivity index (χ4n) is 8.40. The summed E-state index contributed by atoms with van der Waals surface area (Å²) in [7, 11) is -9.85. The number of hydrogen-bond acceptors (Lipinski definition) is 15. The third-order valence-electron chi connectivity index (χ3n) is 13.1. The van der Waals surface area contributed by atoms with E-state index in [0.717, 1.165) is 96.3 Å². The van der Waals surface area contributed by atoms with E-state index in [1.165, 1.54) is 109 Å². The van der Waals surface area contributed by atoms with E-state index in [1.807, 2.05) is 0 Å². The highest BCUT2D eigenvalue weighted by atomic mass is 31.2. The lowest BCUT2D eigenvalue weighted by atomic mass is 10.0. The van der Waals surface area contributed by atoms with Crippen LogP contribution in [0.15, 0.2) is 0 Å². The quantitative estimate of drug-likeness (QED) is 0.0222. The van der Waals surface area contributed by atoms with E-state index >= 15 is 0 Å². The van der Waals surface area contributed by atoms with Crippen molar-refractivity contribution in [2.24, 2.45) is 0 Å². The number of esters is 4. The van der Waals surface area contributed by atoms with Crippen LogP contribution in [0.3, 0.4) is 0 Å². The van der Waals surface area contributed by atoms with Crippen molar-refractivity contribution in [1.82, 2.24) is 0 Å². The van der Waals surface area contributed by atoms with Crippen molar-refractivity contribution in [3.63, 3.8) is 0 Å². The van der Waals surface area contributed by atoms with Crippen molar-refractivity contribution in [2.75, 3.05) is 39.6 Å². The minimum absolute atomic E-state index is 0.0991. The molecule has 0 aliphatic heterocycles. The van der Waals surface area contributed by atoms with E-state index in [-0.39, 0.29) is 25.7 Å². The number of phosphoric ester groups is 2. The van der Waals surface area contributed by atoms with Crippen LogP contribution in [0, 0.1) is 0 Å². The van der Waals surface area contributed by atoms with Gasteiger partial charge in [0, 0.05) is 25.7 Å². The molecular formula is C57H110O17P2. The maximum atomic E-state index is 12.9. The second-order valence-corrected chi connectivity index (χ2v) is 23.6. The van der Waals surface area contributed by atoms with E-state index < -0.39 is 97.5 Å². The Balaban J connectivity index is 5.12. The van der Waals surface area contributed by atoms with Crippen LogP contribution in [-0.2, 0) is 65.4 Å². The summed E-state index contributed by atoms with van der Waals surface area (Å²) in [5.74, 6) is -2.16. The Labute approximate surface area is 460 Å². The maximum absolute atomic E-state index is 12.9. The Bertz CT molecular complexity index is 1490. The Hall–Kier alpha value is -1.94. The number of hydrogen-bond donors (Lipinski definition) is 3. The molecule has 0 saturated heterocycles. The van der Waals surface area contributed by atoms with Gasteiger partial charge in [0.1, 0.15) is 19.3 Å². The van der Waals surface area contributed by atoms with Crippen LogP contribution in [0.1, 0.15) is 285 Å². The number of aliphatic hydroxyl groups is 1. The van der Waals surface area contributed by atoms with Gasteiger partial charge in [0.05, 0.1) is 26.4 Å². The van der Waals surface area contributed by atoms with E-state index in [1.54, 1.807) is 0 Å². The van der Waals surface area contributed by atoms with E-state index in [2.05, 4.69) is 27.7 Å². The third kappa shape index (κ3) is 51.5. The summed E-state index contributed by atoms with van der Waals surface area (Å²) in [6, 6.07) is 0. The molecule has 5 atom stereocenters. The molecule has 19 heteroatoms. The average molecular weight is 1130 g/mol. The van der Waals surface area contributed by atoms with Gasteiger partial charge in [0.25, 0.3) is 0 Å². The van der Waals surface area contributed by atoms with E-state index in [4.69, 9.17) is 37.0 Å². The first-order valence-corrected chi connectivity index (χ1v) is 33.3. The molecule has 0 aromatic heterocycles. The van der Waals surface area contributed by atoms with Gasteiger partial charge in [-0.1, -0.05) is 233 Å². The monoisotopic (exact) mass is 1130 g/mol. The van der Waals surface area contributed by atoms with Crippen LogP contribution in [0.25, 0.3) is 0 Å². The number of ether oxygens (including phenoxy) is 4. The normalized spacial score (nSPS) is 14.4. The van der Waals surface area contributed by atoms with E-state index in [0.29, 0.717) is 25.7 Å². The topological polar surface area (TPSA) is 237 Å². The molecule has 2 unspecified atom stereocenters. The maximum Gasteiger partial charge on any atom is 0.472 e. The summed E-state index contributed by atoms with van der Waals surface area (Å²) in [4.78, 5) is 71.4. The average Bonchev–Trinajstić information content (AvgIpc) is 3.39. The highest BCUT2D eigenvalue weighted by Gasteiger charge is 2.30. The molecule has 0 fully saturated rings. The van der Waals surface area contributed by atoms with Crippen LogP contribution in [-0.4, -0.2) is 96.7 Å². The fraction of sp³-hybridized carbons (Fsp3) is 0.930. The van der Waals surface area contributed by atoms with Gasteiger partial charge in [0.2, 0.25) is 0 Å². The highest BCUT2D eigenvalue weighted by Crippen LogP contribution is 2.45. The largest absolute Gasteiger partial charge is 0.472 e. The molecule has 0 aliphatic rings. The van der Waals surface area contributed by atoms with Gasteiger partial charge in [-0.15, -0.1) is 0 Å². The number of unbranched alkanes of at least 4 members (excludes halogenated alkanes) is 32. The van der Waals surface area contributed by atoms with Crippen molar-refractivity contribution in [1.29, 1.82) is 0 Å². The van der Waals surface area contributed by atoms with Crippen molar-refractivity contribution < 1.29 is 80.2 Å². The van der Waals surface area contributed by atoms with Gasteiger partial charge < -0.3 is 33.8 Å². The van der Waals surface area contributed by atoms with Crippen LogP contribution in [0.2, 0.25) is 0 Å². The summed E-state index contributed by atoms with van der Waals surface area (Å²) in [5.41, 5.74) is 0. The molecule has 0 bridgehead atoms. The second kappa shape index (κ2) is 52.4. The zero-order valence-corrected chi connectivity index (χ0v) is 50.0. The Morgan fingerprint density at radius 2 is 0.526 bits per heavy atom. The lowest BCUT2D eigenvalue weighted by Gasteiger charge is -2.21. The Morgan fingerprint density at radius 3 is 0.776 bits per heavy atom. The molecular weight excluding hydrogens is 1020 g/mol. The summed E-state index contributed by atoms with van der Waals surface area (Å²) >= 11 is 0. The number of aliphatic hydroxyl groups excluding tert-OH is 1. The molecule has 17 nitrogen and oxygen atoms in total. The van der Waals surface area contributed by atoms with Crippen molar-refractivity contribution >= 4 is 39.5 Å². The van der Waals surface area contributed by atoms with E-state index in [9.17, 15) is 43.2 Å². The third-order valence-corrected chi connectivity index (χ3v) is 15.0. The summed E-state index contributed by atoms with van der Waals surface area (Å²) < 4.78 is 67.3. The molecule has 3 N–H and O–H groups in total. The van der Waals surface area contributed by atoms with Gasteiger partial charge in [-0.2, -0.15) is 0 Å². The fourth-order valence-corrected chi connectivity index (χ4v) is 9.98. The molecule has 0 aliphatic carbocycles. The van der Waals surface area contributed by atoms with Gasteiger partial charge in [-0.05, 0) is 25.7 Å². The second-order valence-electron chi connectivity index (χ2n) is 20.7. The Morgan fingerprint density at radius 1 is 0.316 bits per heavy atom. The van der Waals surface area contributed by atoms with Crippen LogP contribution in [0.5, 0.6) is 0 Å². The lowest BCUT2D eigenvalue weighted by Crippen LogP contribution is -2.30. The smallest absolute Gasteiger partial charge is 0.462 e. The summed E-state index contributed by atoms with van der Waals surface area (Å²) in [6.07, 6.45) is 35.5. The predicted octanol–water partition coefficient (Wildman–Crippen LogP) is 15.2. The summed E-state index contributed by atoms with van der Waals surface area (Å²) in [6.45, 7) is 4.66.